The maximum absolute atomic E-state index is 12.5. The van der Waals surface area contributed by atoms with Crippen molar-refractivity contribution in [1.82, 2.24) is 25.2 Å². The summed E-state index contributed by atoms with van der Waals surface area (Å²) in [6, 6.07) is 7.79. The molecule has 0 radical (unpaired) electrons. The first-order valence-electron chi connectivity index (χ1n) is 10.6. The second-order valence-electron chi connectivity index (χ2n) is 7.58. The number of amides is 2. The Kier molecular flexibility index (Phi) is 8.68. The van der Waals surface area contributed by atoms with E-state index >= 15 is 0 Å². The molecule has 1 fully saturated rings. The Hall–Kier alpha value is -3.61. The molecule has 1 aromatic carbocycles. The number of carboxylic acid groups (broad SMARTS) is 1. The zero-order valence-electron chi connectivity index (χ0n) is 18.7. The highest BCUT2D eigenvalue weighted by Gasteiger charge is 2.38. The van der Waals surface area contributed by atoms with E-state index in [0.29, 0.717) is 12.5 Å². The molecular weight excluding hydrogens is 487 g/mol. The third-order valence-electron chi connectivity index (χ3n) is 5.31. The van der Waals surface area contributed by atoms with Crippen molar-refractivity contribution < 1.29 is 32.6 Å². The molecule has 188 valence electrons. The number of benzene rings is 1. The molecule has 3 aromatic rings. The monoisotopic (exact) mass is 511 g/mol. The number of rotatable bonds is 5. The van der Waals surface area contributed by atoms with Crippen molar-refractivity contribution in [3.63, 3.8) is 0 Å². The fourth-order valence-electron chi connectivity index (χ4n) is 3.43. The van der Waals surface area contributed by atoms with E-state index in [9.17, 15) is 18.0 Å². The SMILES string of the molecule is COc1ccc(-c2csc(CNC(=O)N3CCC(c4cnc[nH]4)CC3)n2)cc1.O=C(O)C(F)(F)F. The molecule has 0 unspecified atom stereocenters. The van der Waals surface area contributed by atoms with Crippen molar-refractivity contribution in [2.45, 2.75) is 31.5 Å². The van der Waals surface area contributed by atoms with Gasteiger partial charge in [-0.05, 0) is 37.1 Å². The average Bonchev–Trinajstić information content (AvgIpc) is 3.55. The van der Waals surface area contributed by atoms with Crippen molar-refractivity contribution in [3.8, 4) is 17.0 Å². The number of aliphatic carboxylic acids is 1. The number of aromatic amines is 1. The van der Waals surface area contributed by atoms with Crippen LogP contribution in [0.25, 0.3) is 11.3 Å². The molecule has 1 saturated heterocycles. The predicted octanol–water partition coefficient (Wildman–Crippen LogP) is 4.26. The summed E-state index contributed by atoms with van der Waals surface area (Å²) in [7, 11) is 1.65. The number of imidazole rings is 1. The number of carboxylic acids is 1. The van der Waals surface area contributed by atoms with E-state index in [2.05, 4.69) is 20.3 Å². The molecule has 3 heterocycles. The third-order valence-corrected chi connectivity index (χ3v) is 6.16. The first-order chi connectivity index (χ1) is 16.7. The summed E-state index contributed by atoms with van der Waals surface area (Å²) in [6.07, 6.45) is 0.412. The molecule has 2 aromatic heterocycles. The largest absolute Gasteiger partial charge is 0.497 e. The van der Waals surface area contributed by atoms with Crippen molar-refractivity contribution >= 4 is 23.3 Å². The first kappa shape index (κ1) is 26.0. The lowest BCUT2D eigenvalue weighted by atomic mass is 9.94. The molecule has 0 saturated carbocycles. The Bertz CT molecular complexity index is 1100. The number of likely N-dealkylation sites (tertiary alicyclic amines) is 1. The van der Waals surface area contributed by atoms with Gasteiger partial charge in [-0.15, -0.1) is 11.3 Å². The molecule has 0 aliphatic carbocycles. The molecule has 35 heavy (non-hydrogen) atoms. The van der Waals surface area contributed by atoms with E-state index in [1.54, 1.807) is 24.8 Å². The zero-order chi connectivity index (χ0) is 25.4. The van der Waals surface area contributed by atoms with Gasteiger partial charge in [0.15, 0.2) is 0 Å². The van der Waals surface area contributed by atoms with Gasteiger partial charge in [-0.1, -0.05) is 0 Å². The summed E-state index contributed by atoms with van der Waals surface area (Å²) in [6.45, 7) is 1.95. The second-order valence-corrected chi connectivity index (χ2v) is 8.53. The van der Waals surface area contributed by atoms with Gasteiger partial charge in [0.05, 0.1) is 25.7 Å². The lowest BCUT2D eigenvalue weighted by Gasteiger charge is -2.31. The number of nitrogens with zero attached hydrogens (tertiary/aromatic N) is 3. The standard InChI is InChI=1S/C20H23N5O2S.C2HF3O2/c1-27-16-4-2-14(3-5-16)18-12-28-19(24-18)11-22-20(26)25-8-6-15(7-9-25)17-10-21-13-23-17;3-2(4,5)1(6)7/h2-5,10,12-13,15H,6-9,11H2,1H3,(H,21,23)(H,22,26);(H,6,7). The first-order valence-corrected chi connectivity index (χ1v) is 11.4. The van der Waals surface area contributed by atoms with Gasteiger partial charge < -0.3 is 25.0 Å². The molecule has 1 aliphatic rings. The van der Waals surface area contributed by atoms with Gasteiger partial charge in [0, 0.05) is 41.8 Å². The minimum Gasteiger partial charge on any atom is -0.497 e. The van der Waals surface area contributed by atoms with Crippen LogP contribution in [0.15, 0.2) is 42.2 Å². The third kappa shape index (κ3) is 7.44. The van der Waals surface area contributed by atoms with Gasteiger partial charge in [-0.3, -0.25) is 0 Å². The molecule has 0 atom stereocenters. The van der Waals surface area contributed by atoms with Gasteiger partial charge in [0.2, 0.25) is 0 Å². The highest BCUT2D eigenvalue weighted by molar-refractivity contribution is 7.09. The molecule has 9 nitrogen and oxygen atoms in total. The van der Waals surface area contributed by atoms with Crippen LogP contribution in [0.2, 0.25) is 0 Å². The molecule has 13 heteroatoms. The van der Waals surface area contributed by atoms with E-state index < -0.39 is 12.1 Å². The lowest BCUT2D eigenvalue weighted by Crippen LogP contribution is -2.43. The number of alkyl halides is 3. The van der Waals surface area contributed by atoms with Crippen LogP contribution in [-0.2, 0) is 11.3 Å². The Morgan fingerprint density at radius 2 is 1.91 bits per heavy atom. The number of methoxy groups -OCH3 is 1. The van der Waals surface area contributed by atoms with E-state index in [1.165, 1.54) is 0 Å². The number of hydrogen-bond acceptors (Lipinski definition) is 6. The Balaban J connectivity index is 0.000000429. The van der Waals surface area contributed by atoms with Gasteiger partial charge in [-0.25, -0.2) is 19.6 Å². The Morgan fingerprint density at radius 1 is 1.26 bits per heavy atom. The maximum Gasteiger partial charge on any atom is 0.490 e. The average molecular weight is 512 g/mol. The number of thiazole rings is 1. The fourth-order valence-corrected chi connectivity index (χ4v) is 4.18. The van der Waals surface area contributed by atoms with Gasteiger partial charge >= 0.3 is 18.2 Å². The number of H-pyrrole nitrogens is 1. The summed E-state index contributed by atoms with van der Waals surface area (Å²) in [5, 5.41) is 13.0. The van der Waals surface area contributed by atoms with E-state index in [4.69, 9.17) is 14.6 Å². The number of carbonyl (C=O) groups excluding carboxylic acids is 1. The van der Waals surface area contributed by atoms with E-state index in [0.717, 1.165) is 53.6 Å². The molecular formula is C22H24F3N5O4S. The molecule has 4 rings (SSSR count). The molecule has 0 bridgehead atoms. The van der Waals surface area contributed by atoms with Crippen molar-refractivity contribution in [2.75, 3.05) is 20.2 Å². The van der Waals surface area contributed by atoms with Crippen molar-refractivity contribution in [1.29, 1.82) is 0 Å². The van der Waals surface area contributed by atoms with Crippen molar-refractivity contribution in [2.24, 2.45) is 0 Å². The van der Waals surface area contributed by atoms with Crippen LogP contribution in [0.1, 0.15) is 29.5 Å². The van der Waals surface area contributed by atoms with E-state index in [-0.39, 0.29) is 6.03 Å². The highest BCUT2D eigenvalue weighted by atomic mass is 32.1. The van der Waals surface area contributed by atoms with E-state index in [1.807, 2.05) is 40.7 Å². The summed E-state index contributed by atoms with van der Waals surface area (Å²) in [5.41, 5.74) is 3.11. The summed E-state index contributed by atoms with van der Waals surface area (Å²) >= 11 is 1.55. The Labute approximate surface area is 203 Å². The van der Waals surface area contributed by atoms with Gasteiger partial charge in [0.25, 0.3) is 0 Å². The minimum absolute atomic E-state index is 0.0238. The van der Waals surface area contributed by atoms with Crippen LogP contribution in [0.5, 0.6) is 5.75 Å². The molecule has 0 spiro atoms. The topological polar surface area (TPSA) is 120 Å². The molecule has 1 aliphatic heterocycles. The number of ether oxygens (including phenoxy) is 1. The maximum atomic E-state index is 12.5. The molecule has 3 N–H and O–H groups in total. The number of urea groups is 1. The fraction of sp³-hybridized carbons (Fsp3) is 0.364. The van der Waals surface area contributed by atoms with Crippen LogP contribution in [0.3, 0.4) is 0 Å². The smallest absolute Gasteiger partial charge is 0.490 e. The predicted molar refractivity (Wildman–Crippen MR) is 122 cm³/mol. The highest BCUT2D eigenvalue weighted by Crippen LogP contribution is 2.27. The van der Waals surface area contributed by atoms with Gasteiger partial charge in [0.1, 0.15) is 10.8 Å². The second kappa shape index (κ2) is 11.7. The van der Waals surface area contributed by atoms with Crippen LogP contribution in [0, 0.1) is 0 Å². The minimum atomic E-state index is -5.08. The number of carbonyl (C=O) groups is 2. The zero-order valence-corrected chi connectivity index (χ0v) is 19.5. The quantitative estimate of drug-likeness (QED) is 0.471. The Morgan fingerprint density at radius 3 is 2.46 bits per heavy atom. The van der Waals surface area contributed by atoms with Crippen LogP contribution < -0.4 is 10.1 Å². The number of aromatic nitrogens is 3. The van der Waals surface area contributed by atoms with Crippen LogP contribution >= 0.6 is 11.3 Å². The number of halogens is 3. The van der Waals surface area contributed by atoms with Crippen LogP contribution in [0.4, 0.5) is 18.0 Å². The summed E-state index contributed by atoms with van der Waals surface area (Å²) < 4.78 is 36.9. The van der Waals surface area contributed by atoms with Gasteiger partial charge in [-0.2, -0.15) is 13.2 Å². The van der Waals surface area contributed by atoms with Crippen molar-refractivity contribution in [3.05, 3.63) is 52.9 Å². The van der Waals surface area contributed by atoms with Crippen LogP contribution in [-0.4, -0.2) is 63.3 Å². The summed E-state index contributed by atoms with van der Waals surface area (Å²) in [5.74, 6) is -1.48. The lowest BCUT2D eigenvalue weighted by molar-refractivity contribution is -0.192. The molecule has 2 amide bonds. The summed E-state index contributed by atoms with van der Waals surface area (Å²) in [4.78, 5) is 35.1. The number of piperidine rings is 1. The number of nitrogens with one attached hydrogen (secondary N) is 2. The normalized spacial score (nSPS) is 14.1. The number of hydrogen-bond donors (Lipinski definition) is 3.